The lowest BCUT2D eigenvalue weighted by atomic mass is 9.86. The Morgan fingerprint density at radius 2 is 2.19 bits per heavy atom. The van der Waals surface area contributed by atoms with Gasteiger partial charge in [-0.3, -0.25) is 0 Å². The SMILES string of the molecule is CCc1cc(N2CC(N)(C3CC3)C2)ncn1. The molecule has 2 aliphatic rings. The third-order valence-electron chi connectivity index (χ3n) is 3.76. The molecular formula is C12H18N4. The van der Waals surface area contributed by atoms with Crippen LogP contribution in [0.1, 0.15) is 25.5 Å². The standard InChI is InChI=1S/C12H18N4/c1-2-10-5-11(15-8-14-10)16-6-12(13,7-16)9-3-4-9/h5,8-9H,2-4,6-7,13H2,1H3. The number of nitrogens with zero attached hydrogens (tertiary/aromatic N) is 3. The van der Waals surface area contributed by atoms with Crippen LogP contribution in [-0.2, 0) is 6.42 Å². The van der Waals surface area contributed by atoms with E-state index in [9.17, 15) is 0 Å². The maximum atomic E-state index is 6.32. The summed E-state index contributed by atoms with van der Waals surface area (Å²) < 4.78 is 0. The van der Waals surface area contributed by atoms with Gasteiger partial charge >= 0.3 is 0 Å². The van der Waals surface area contributed by atoms with E-state index in [1.54, 1.807) is 6.33 Å². The van der Waals surface area contributed by atoms with Crippen molar-refractivity contribution in [3.05, 3.63) is 18.1 Å². The smallest absolute Gasteiger partial charge is 0.132 e. The molecule has 2 heterocycles. The summed E-state index contributed by atoms with van der Waals surface area (Å²) in [5.41, 5.74) is 7.49. The number of hydrogen-bond donors (Lipinski definition) is 1. The zero-order chi connectivity index (χ0) is 11.2. The van der Waals surface area contributed by atoms with E-state index in [-0.39, 0.29) is 5.54 Å². The van der Waals surface area contributed by atoms with Gasteiger partial charge in [-0.25, -0.2) is 9.97 Å². The molecule has 1 aliphatic carbocycles. The lowest BCUT2D eigenvalue weighted by Gasteiger charge is -2.49. The molecular weight excluding hydrogens is 200 g/mol. The molecule has 0 spiro atoms. The molecule has 1 aromatic rings. The molecule has 0 bridgehead atoms. The highest BCUT2D eigenvalue weighted by molar-refractivity contribution is 5.45. The zero-order valence-electron chi connectivity index (χ0n) is 9.69. The molecule has 1 saturated heterocycles. The molecule has 4 heteroatoms. The van der Waals surface area contributed by atoms with Gasteiger partial charge in [0.25, 0.3) is 0 Å². The highest BCUT2D eigenvalue weighted by atomic mass is 15.3. The van der Waals surface area contributed by atoms with Crippen LogP contribution in [0.3, 0.4) is 0 Å². The average Bonchev–Trinajstić information content (AvgIpc) is 3.09. The Hall–Kier alpha value is -1.16. The molecule has 0 radical (unpaired) electrons. The first-order chi connectivity index (χ1) is 7.71. The van der Waals surface area contributed by atoms with E-state index in [2.05, 4.69) is 27.9 Å². The number of rotatable bonds is 3. The van der Waals surface area contributed by atoms with E-state index >= 15 is 0 Å². The van der Waals surface area contributed by atoms with Crippen molar-refractivity contribution >= 4 is 5.82 Å². The molecule has 3 rings (SSSR count). The maximum absolute atomic E-state index is 6.32. The first kappa shape index (κ1) is 10.0. The Morgan fingerprint density at radius 1 is 1.44 bits per heavy atom. The highest BCUT2D eigenvalue weighted by Crippen LogP contribution is 2.43. The van der Waals surface area contributed by atoms with Gasteiger partial charge in [0.1, 0.15) is 12.1 Å². The number of aryl methyl sites for hydroxylation is 1. The molecule has 0 amide bonds. The Morgan fingerprint density at radius 3 is 2.81 bits per heavy atom. The topological polar surface area (TPSA) is 55.0 Å². The van der Waals surface area contributed by atoms with Crippen LogP contribution in [0.25, 0.3) is 0 Å². The Balaban J connectivity index is 1.70. The molecule has 0 atom stereocenters. The number of hydrogen-bond acceptors (Lipinski definition) is 4. The molecule has 2 N–H and O–H groups in total. The van der Waals surface area contributed by atoms with E-state index in [1.807, 2.05) is 0 Å². The lowest BCUT2D eigenvalue weighted by molar-refractivity contribution is 0.289. The minimum atomic E-state index is 0.0668. The van der Waals surface area contributed by atoms with Crippen LogP contribution in [0.2, 0.25) is 0 Å². The van der Waals surface area contributed by atoms with Crippen molar-refractivity contribution in [3.63, 3.8) is 0 Å². The van der Waals surface area contributed by atoms with Crippen molar-refractivity contribution in [1.82, 2.24) is 9.97 Å². The third-order valence-corrected chi connectivity index (χ3v) is 3.76. The fourth-order valence-corrected chi connectivity index (χ4v) is 2.49. The van der Waals surface area contributed by atoms with Gasteiger partial charge in [-0.05, 0) is 25.2 Å². The summed E-state index contributed by atoms with van der Waals surface area (Å²) in [4.78, 5) is 10.8. The van der Waals surface area contributed by atoms with Crippen molar-refractivity contribution in [1.29, 1.82) is 0 Å². The van der Waals surface area contributed by atoms with Gasteiger partial charge in [0.15, 0.2) is 0 Å². The summed E-state index contributed by atoms with van der Waals surface area (Å²) in [6, 6.07) is 2.08. The molecule has 86 valence electrons. The molecule has 2 fully saturated rings. The summed E-state index contributed by atoms with van der Waals surface area (Å²) in [5.74, 6) is 1.80. The molecule has 1 saturated carbocycles. The highest BCUT2D eigenvalue weighted by Gasteiger charge is 2.50. The van der Waals surface area contributed by atoms with Gasteiger partial charge in [-0.15, -0.1) is 0 Å². The minimum Gasteiger partial charge on any atom is -0.353 e. The van der Waals surface area contributed by atoms with E-state index < -0.39 is 0 Å². The number of anilines is 1. The van der Waals surface area contributed by atoms with Crippen LogP contribution < -0.4 is 10.6 Å². The van der Waals surface area contributed by atoms with Crippen LogP contribution in [0.15, 0.2) is 12.4 Å². The van der Waals surface area contributed by atoms with Gasteiger partial charge in [-0.1, -0.05) is 6.92 Å². The van der Waals surface area contributed by atoms with Crippen LogP contribution in [0, 0.1) is 5.92 Å². The summed E-state index contributed by atoms with van der Waals surface area (Å²) in [6.07, 6.45) is 5.24. The second-order valence-electron chi connectivity index (χ2n) is 5.08. The zero-order valence-corrected chi connectivity index (χ0v) is 9.69. The Bertz CT molecular complexity index is 394. The van der Waals surface area contributed by atoms with Crippen LogP contribution in [-0.4, -0.2) is 28.6 Å². The fourth-order valence-electron chi connectivity index (χ4n) is 2.49. The largest absolute Gasteiger partial charge is 0.353 e. The summed E-state index contributed by atoms with van der Waals surface area (Å²) >= 11 is 0. The van der Waals surface area contributed by atoms with Crippen LogP contribution in [0.5, 0.6) is 0 Å². The molecule has 1 aromatic heterocycles. The third kappa shape index (κ3) is 1.57. The predicted molar refractivity (Wildman–Crippen MR) is 63.3 cm³/mol. The molecule has 1 aliphatic heterocycles. The van der Waals surface area contributed by atoms with Gasteiger partial charge in [-0.2, -0.15) is 0 Å². The molecule has 0 unspecified atom stereocenters. The van der Waals surface area contributed by atoms with E-state index in [0.717, 1.165) is 36.9 Å². The second-order valence-corrected chi connectivity index (χ2v) is 5.08. The van der Waals surface area contributed by atoms with Crippen molar-refractivity contribution in [2.24, 2.45) is 11.7 Å². The number of nitrogens with two attached hydrogens (primary N) is 1. The summed E-state index contributed by atoms with van der Waals surface area (Å²) in [7, 11) is 0. The van der Waals surface area contributed by atoms with E-state index in [1.165, 1.54) is 12.8 Å². The van der Waals surface area contributed by atoms with Gasteiger partial charge in [0.2, 0.25) is 0 Å². The second kappa shape index (κ2) is 3.42. The first-order valence-corrected chi connectivity index (χ1v) is 6.06. The molecule has 4 nitrogen and oxygen atoms in total. The Kier molecular flexibility index (Phi) is 2.14. The van der Waals surface area contributed by atoms with Crippen molar-refractivity contribution < 1.29 is 0 Å². The normalized spacial score (nSPS) is 23.0. The van der Waals surface area contributed by atoms with Gasteiger partial charge in [0.05, 0.1) is 5.54 Å². The predicted octanol–water partition coefficient (Wildman–Crippen LogP) is 0.966. The molecule has 16 heavy (non-hydrogen) atoms. The monoisotopic (exact) mass is 218 g/mol. The lowest BCUT2D eigenvalue weighted by Crippen LogP contribution is -2.69. The van der Waals surface area contributed by atoms with Gasteiger partial charge < -0.3 is 10.6 Å². The summed E-state index contributed by atoms with van der Waals surface area (Å²) in [6.45, 7) is 4.02. The summed E-state index contributed by atoms with van der Waals surface area (Å²) in [5, 5.41) is 0. The van der Waals surface area contributed by atoms with Crippen molar-refractivity contribution in [2.45, 2.75) is 31.7 Å². The fraction of sp³-hybridized carbons (Fsp3) is 0.667. The first-order valence-electron chi connectivity index (χ1n) is 6.06. The van der Waals surface area contributed by atoms with Crippen molar-refractivity contribution in [3.8, 4) is 0 Å². The van der Waals surface area contributed by atoms with Crippen LogP contribution in [0.4, 0.5) is 5.82 Å². The maximum Gasteiger partial charge on any atom is 0.132 e. The van der Waals surface area contributed by atoms with Crippen LogP contribution >= 0.6 is 0 Å². The van der Waals surface area contributed by atoms with E-state index in [4.69, 9.17) is 5.73 Å². The van der Waals surface area contributed by atoms with Gasteiger partial charge in [0, 0.05) is 24.8 Å². The minimum absolute atomic E-state index is 0.0668. The van der Waals surface area contributed by atoms with E-state index in [0.29, 0.717) is 0 Å². The molecule has 0 aromatic carbocycles. The Labute approximate surface area is 95.9 Å². The van der Waals surface area contributed by atoms with Crippen molar-refractivity contribution in [2.75, 3.05) is 18.0 Å². The average molecular weight is 218 g/mol. The quantitative estimate of drug-likeness (QED) is 0.821. The number of aromatic nitrogens is 2.